The maximum Gasteiger partial charge on any atom is 0.0981 e. The third kappa shape index (κ3) is 3.16. The molecule has 3 heteroatoms. The normalized spacial score (nSPS) is 14.1. The van der Waals surface area contributed by atoms with Gasteiger partial charge in [-0.15, -0.1) is 0 Å². The molecule has 1 N–H and O–H groups in total. The number of anilines is 1. The van der Waals surface area contributed by atoms with Gasteiger partial charge in [0.2, 0.25) is 0 Å². The summed E-state index contributed by atoms with van der Waals surface area (Å²) in [6.07, 6.45) is 8.27. The Balaban J connectivity index is 2.17. The average Bonchev–Trinajstić information content (AvgIpc) is 3.09. The number of aryl methyl sites for hydroxylation is 2. The van der Waals surface area contributed by atoms with Gasteiger partial charge in [-0.1, -0.05) is 19.9 Å². The van der Waals surface area contributed by atoms with Crippen LogP contribution in [0.4, 0.5) is 5.69 Å². The number of furan rings is 1. The number of hydrogen-bond donors (Lipinski definition) is 1. The Morgan fingerprint density at radius 3 is 2.87 bits per heavy atom. The van der Waals surface area contributed by atoms with E-state index >= 15 is 0 Å². The maximum atomic E-state index is 5.42. The van der Waals surface area contributed by atoms with Gasteiger partial charge < -0.3 is 14.6 Å². The Morgan fingerprint density at radius 2 is 2.17 bits per heavy atom. The molecule has 124 valence electrons. The lowest BCUT2D eigenvalue weighted by Gasteiger charge is -2.32. The molecule has 0 saturated heterocycles. The van der Waals surface area contributed by atoms with Crippen molar-refractivity contribution in [2.75, 3.05) is 31.6 Å². The third-order valence-electron chi connectivity index (χ3n) is 4.89. The number of fused-ring (bicyclic) bond motifs is 1. The fourth-order valence-electron chi connectivity index (χ4n) is 3.78. The molecule has 1 aliphatic rings. The Kier molecular flexibility index (Phi) is 5.06. The topological polar surface area (TPSA) is 28.4 Å². The van der Waals surface area contributed by atoms with Crippen LogP contribution in [0, 0.1) is 0 Å². The molecule has 3 rings (SSSR count). The summed E-state index contributed by atoms with van der Waals surface area (Å²) in [6, 6.07) is 4.56. The van der Waals surface area contributed by atoms with Crippen molar-refractivity contribution in [3.05, 3.63) is 41.3 Å². The lowest BCUT2D eigenvalue weighted by Crippen LogP contribution is -2.27. The molecule has 2 aromatic rings. The second-order valence-corrected chi connectivity index (χ2v) is 6.39. The second-order valence-electron chi connectivity index (χ2n) is 6.39. The second kappa shape index (κ2) is 7.22. The van der Waals surface area contributed by atoms with Crippen molar-refractivity contribution in [3.8, 4) is 11.1 Å². The SMILES string of the molecule is CCNCCc1c(CC)cc2c(c1-c1ccoc1)N(C)CCC2. The summed E-state index contributed by atoms with van der Waals surface area (Å²) in [7, 11) is 2.22. The first-order valence-electron chi connectivity index (χ1n) is 8.88. The van der Waals surface area contributed by atoms with E-state index in [9.17, 15) is 0 Å². The molecule has 0 unspecified atom stereocenters. The first kappa shape index (κ1) is 16.1. The highest BCUT2D eigenvalue weighted by atomic mass is 16.3. The molecule has 1 aromatic heterocycles. The van der Waals surface area contributed by atoms with Gasteiger partial charge in [0.15, 0.2) is 0 Å². The predicted molar refractivity (Wildman–Crippen MR) is 97.4 cm³/mol. The lowest BCUT2D eigenvalue weighted by molar-refractivity contribution is 0.568. The van der Waals surface area contributed by atoms with Crippen molar-refractivity contribution >= 4 is 5.69 Å². The number of hydrogen-bond acceptors (Lipinski definition) is 3. The molecule has 0 saturated carbocycles. The molecule has 0 spiro atoms. The van der Waals surface area contributed by atoms with Gasteiger partial charge in [0.1, 0.15) is 0 Å². The van der Waals surface area contributed by atoms with E-state index in [0.29, 0.717) is 0 Å². The van der Waals surface area contributed by atoms with Gasteiger partial charge in [0.05, 0.1) is 12.5 Å². The molecular formula is C20H28N2O. The Morgan fingerprint density at radius 1 is 1.30 bits per heavy atom. The highest BCUT2D eigenvalue weighted by molar-refractivity contribution is 5.85. The first-order valence-corrected chi connectivity index (χ1v) is 8.88. The van der Waals surface area contributed by atoms with Gasteiger partial charge >= 0.3 is 0 Å². The minimum atomic E-state index is 1.02. The van der Waals surface area contributed by atoms with Crippen molar-refractivity contribution in [2.24, 2.45) is 0 Å². The molecule has 0 atom stereocenters. The van der Waals surface area contributed by atoms with Crippen LogP contribution in [0.3, 0.4) is 0 Å². The molecule has 0 radical (unpaired) electrons. The molecule has 1 aliphatic heterocycles. The summed E-state index contributed by atoms with van der Waals surface area (Å²) in [5, 5.41) is 3.47. The summed E-state index contributed by atoms with van der Waals surface area (Å²) in [5.41, 5.74) is 8.51. The molecule has 2 heterocycles. The molecule has 0 fully saturated rings. The zero-order valence-corrected chi connectivity index (χ0v) is 14.6. The van der Waals surface area contributed by atoms with Crippen LogP contribution >= 0.6 is 0 Å². The van der Waals surface area contributed by atoms with Crippen LogP contribution in [0.15, 0.2) is 29.1 Å². The first-order chi connectivity index (χ1) is 11.3. The summed E-state index contributed by atoms with van der Waals surface area (Å²) >= 11 is 0. The maximum absolute atomic E-state index is 5.42. The van der Waals surface area contributed by atoms with E-state index in [0.717, 1.165) is 32.5 Å². The molecule has 0 amide bonds. The molecule has 3 nitrogen and oxygen atoms in total. The monoisotopic (exact) mass is 312 g/mol. The molecule has 0 bridgehead atoms. The number of benzene rings is 1. The number of nitrogens with one attached hydrogen (secondary N) is 1. The zero-order chi connectivity index (χ0) is 16.2. The molecule has 1 aromatic carbocycles. The van der Waals surface area contributed by atoms with Gasteiger partial charge in [-0.2, -0.15) is 0 Å². The van der Waals surface area contributed by atoms with Crippen LogP contribution in [-0.4, -0.2) is 26.7 Å². The van der Waals surface area contributed by atoms with E-state index in [2.05, 4.69) is 43.2 Å². The van der Waals surface area contributed by atoms with Gasteiger partial charge in [-0.3, -0.25) is 0 Å². The summed E-state index contributed by atoms with van der Waals surface area (Å²) in [6.45, 7) is 7.61. The molecule has 0 aliphatic carbocycles. The van der Waals surface area contributed by atoms with E-state index in [1.54, 1.807) is 6.26 Å². The number of nitrogens with zero attached hydrogens (tertiary/aromatic N) is 1. The number of rotatable bonds is 6. The fourth-order valence-corrected chi connectivity index (χ4v) is 3.78. The highest BCUT2D eigenvalue weighted by Gasteiger charge is 2.24. The minimum absolute atomic E-state index is 1.02. The van der Waals surface area contributed by atoms with Gasteiger partial charge in [-0.05, 0) is 61.5 Å². The third-order valence-corrected chi connectivity index (χ3v) is 4.89. The standard InChI is InChI=1S/C20H28N2O/c1-4-15-13-16-7-6-11-22(3)20(16)19(17-9-12-23-14-17)18(15)8-10-21-5-2/h9,12-14,21H,4-8,10-11H2,1-3H3. The van der Waals surface area contributed by atoms with Crippen LogP contribution in [-0.2, 0) is 19.3 Å². The van der Waals surface area contributed by atoms with Crippen molar-refractivity contribution in [3.63, 3.8) is 0 Å². The van der Waals surface area contributed by atoms with Crippen LogP contribution < -0.4 is 10.2 Å². The van der Waals surface area contributed by atoms with Crippen molar-refractivity contribution < 1.29 is 4.42 Å². The van der Waals surface area contributed by atoms with Crippen LogP contribution in [0.5, 0.6) is 0 Å². The summed E-state index contributed by atoms with van der Waals surface area (Å²) in [5.74, 6) is 0. The summed E-state index contributed by atoms with van der Waals surface area (Å²) in [4.78, 5) is 2.43. The Hall–Kier alpha value is -1.74. The van der Waals surface area contributed by atoms with E-state index < -0.39 is 0 Å². The highest BCUT2D eigenvalue weighted by Crippen LogP contribution is 2.41. The molecule has 23 heavy (non-hydrogen) atoms. The lowest BCUT2D eigenvalue weighted by atomic mass is 9.86. The largest absolute Gasteiger partial charge is 0.472 e. The minimum Gasteiger partial charge on any atom is -0.472 e. The van der Waals surface area contributed by atoms with Crippen molar-refractivity contribution in [1.82, 2.24) is 5.32 Å². The van der Waals surface area contributed by atoms with Crippen LogP contribution in [0.1, 0.15) is 37.0 Å². The average molecular weight is 312 g/mol. The summed E-state index contributed by atoms with van der Waals surface area (Å²) < 4.78 is 5.42. The smallest absolute Gasteiger partial charge is 0.0981 e. The van der Waals surface area contributed by atoms with E-state index in [4.69, 9.17) is 4.42 Å². The van der Waals surface area contributed by atoms with Crippen molar-refractivity contribution in [1.29, 1.82) is 0 Å². The van der Waals surface area contributed by atoms with Crippen molar-refractivity contribution in [2.45, 2.75) is 39.5 Å². The van der Waals surface area contributed by atoms with E-state index in [1.807, 2.05) is 6.26 Å². The zero-order valence-electron chi connectivity index (χ0n) is 14.6. The molecular weight excluding hydrogens is 284 g/mol. The number of likely N-dealkylation sites (N-methyl/N-ethyl adjacent to an activating group) is 1. The van der Waals surface area contributed by atoms with Crippen LogP contribution in [0.25, 0.3) is 11.1 Å². The quantitative estimate of drug-likeness (QED) is 0.816. The van der Waals surface area contributed by atoms with Gasteiger partial charge in [0.25, 0.3) is 0 Å². The van der Waals surface area contributed by atoms with E-state index in [1.165, 1.54) is 46.3 Å². The predicted octanol–water partition coefficient (Wildman–Crippen LogP) is 4.04. The Labute approximate surface area is 139 Å². The Bertz CT molecular complexity index is 646. The van der Waals surface area contributed by atoms with Gasteiger partial charge in [0, 0.05) is 30.4 Å². The van der Waals surface area contributed by atoms with Crippen LogP contribution in [0.2, 0.25) is 0 Å². The van der Waals surface area contributed by atoms with E-state index in [-0.39, 0.29) is 0 Å². The fraction of sp³-hybridized carbons (Fsp3) is 0.500. The van der Waals surface area contributed by atoms with Gasteiger partial charge in [-0.25, -0.2) is 0 Å².